The van der Waals surface area contributed by atoms with Crippen LogP contribution < -0.4 is 16.6 Å². The second-order valence-electron chi connectivity index (χ2n) is 7.50. The maximum atomic E-state index is 13.6. The number of carbonyl (C=O) groups excluding carboxylic acids is 1. The number of aromatic nitrogens is 5. The minimum atomic E-state index is -1.07. The molecule has 4 rings (SSSR count). The van der Waals surface area contributed by atoms with Gasteiger partial charge in [-0.15, -0.1) is 10.2 Å². The first-order valence-electron chi connectivity index (χ1n) is 10.2. The van der Waals surface area contributed by atoms with Gasteiger partial charge in [-0.1, -0.05) is 6.07 Å². The van der Waals surface area contributed by atoms with Gasteiger partial charge in [-0.2, -0.15) is 0 Å². The lowest BCUT2D eigenvalue weighted by molar-refractivity contribution is 0.0383. The average molecular weight is 461 g/mol. The molecule has 1 aliphatic rings. The summed E-state index contributed by atoms with van der Waals surface area (Å²) < 4.78 is 34.0. The van der Waals surface area contributed by atoms with Crippen molar-refractivity contribution in [1.82, 2.24) is 34.5 Å². The number of benzene rings is 1. The Labute approximate surface area is 185 Å². The summed E-state index contributed by atoms with van der Waals surface area (Å²) in [6, 6.07) is 3.18. The number of amides is 1. The van der Waals surface area contributed by atoms with Gasteiger partial charge in [0, 0.05) is 33.2 Å². The van der Waals surface area contributed by atoms with Gasteiger partial charge in [0.1, 0.15) is 0 Å². The van der Waals surface area contributed by atoms with E-state index in [-0.39, 0.29) is 29.1 Å². The van der Waals surface area contributed by atoms with Crippen LogP contribution in [0.25, 0.3) is 11.2 Å². The summed E-state index contributed by atoms with van der Waals surface area (Å²) in [5.41, 5.74) is -1.64. The molecule has 1 aliphatic heterocycles. The van der Waals surface area contributed by atoms with E-state index in [0.717, 1.165) is 34.4 Å². The molecule has 0 spiro atoms. The summed E-state index contributed by atoms with van der Waals surface area (Å²) in [6.45, 7) is 3.58. The highest BCUT2D eigenvalue weighted by molar-refractivity contribution is 5.91. The Hall–Kier alpha value is -3.58. The first kappa shape index (κ1) is 22.6. The molecule has 0 bridgehead atoms. The van der Waals surface area contributed by atoms with Crippen LogP contribution in [0.15, 0.2) is 27.8 Å². The molecule has 1 N–H and O–H groups in total. The number of ether oxygens (including phenoxy) is 1. The Bertz CT molecular complexity index is 1320. The van der Waals surface area contributed by atoms with Crippen LogP contribution in [0.5, 0.6) is 0 Å². The third-order valence-electron chi connectivity index (χ3n) is 5.29. The van der Waals surface area contributed by atoms with Gasteiger partial charge in [-0.25, -0.2) is 18.6 Å². The van der Waals surface area contributed by atoms with E-state index < -0.39 is 28.8 Å². The fraction of sp³-hybridized carbons (Fsp3) is 0.400. The number of rotatable bonds is 6. The molecule has 33 heavy (non-hydrogen) atoms. The largest absolute Gasteiger partial charge is 0.379 e. The normalized spacial score (nSPS) is 14.5. The van der Waals surface area contributed by atoms with Gasteiger partial charge in [-0.3, -0.25) is 23.6 Å². The number of hydrogen-bond donors (Lipinski definition) is 1. The number of morpholine rings is 1. The third-order valence-corrected chi connectivity index (χ3v) is 5.29. The highest BCUT2D eigenvalue weighted by Gasteiger charge is 2.19. The van der Waals surface area contributed by atoms with E-state index in [1.54, 1.807) is 0 Å². The number of nitrogens with one attached hydrogen (secondary N) is 1. The standard InChI is InChI=1S/C20H21F2N7O4/c1-27-19(31)15-17(29(20(27)32)11-12-2-3-13(21)14(22)10-12)26-25-16(24-15)18(30)23-4-5-28-6-8-33-9-7-28/h2-3,10H,4-9,11H2,1H3,(H,23,30). The zero-order valence-corrected chi connectivity index (χ0v) is 17.8. The number of carbonyl (C=O) groups is 1. The van der Waals surface area contributed by atoms with Crippen LogP contribution in [0, 0.1) is 11.6 Å². The molecule has 0 unspecified atom stereocenters. The summed E-state index contributed by atoms with van der Waals surface area (Å²) in [6.07, 6.45) is 0. The molecular weight excluding hydrogens is 440 g/mol. The SMILES string of the molecule is Cn1c(=O)c2nc(C(=O)NCCN3CCOCC3)nnc2n(Cc2ccc(F)c(F)c2)c1=O. The molecule has 1 aromatic carbocycles. The Morgan fingerprint density at radius 2 is 1.91 bits per heavy atom. The molecule has 3 aromatic rings. The highest BCUT2D eigenvalue weighted by Crippen LogP contribution is 2.11. The van der Waals surface area contributed by atoms with Gasteiger partial charge in [0.05, 0.1) is 19.8 Å². The van der Waals surface area contributed by atoms with Crippen LogP contribution in [-0.4, -0.2) is 74.5 Å². The van der Waals surface area contributed by atoms with Crippen LogP contribution >= 0.6 is 0 Å². The number of nitrogens with zero attached hydrogens (tertiary/aromatic N) is 6. The minimum absolute atomic E-state index is 0.169. The van der Waals surface area contributed by atoms with Crippen LogP contribution in [0.4, 0.5) is 8.78 Å². The van der Waals surface area contributed by atoms with Crippen LogP contribution in [0.2, 0.25) is 0 Å². The summed E-state index contributed by atoms with van der Waals surface area (Å²) in [5.74, 6) is -3.03. The van der Waals surface area contributed by atoms with Crippen LogP contribution in [0.3, 0.4) is 0 Å². The molecule has 0 saturated carbocycles. The molecule has 0 aliphatic carbocycles. The zero-order chi connectivity index (χ0) is 23.5. The van der Waals surface area contributed by atoms with Crippen LogP contribution in [-0.2, 0) is 18.3 Å². The van der Waals surface area contributed by atoms with E-state index in [4.69, 9.17) is 4.74 Å². The first-order valence-corrected chi connectivity index (χ1v) is 10.2. The van der Waals surface area contributed by atoms with Gasteiger partial charge < -0.3 is 10.1 Å². The van der Waals surface area contributed by atoms with Crippen molar-refractivity contribution >= 4 is 17.1 Å². The molecule has 1 amide bonds. The third kappa shape index (κ3) is 4.78. The first-order chi connectivity index (χ1) is 15.8. The molecule has 174 valence electrons. The predicted octanol–water partition coefficient (Wildman–Crippen LogP) is -0.726. The van der Waals surface area contributed by atoms with E-state index in [9.17, 15) is 23.2 Å². The second kappa shape index (κ2) is 9.50. The lowest BCUT2D eigenvalue weighted by atomic mass is 10.2. The van der Waals surface area contributed by atoms with Crippen molar-refractivity contribution in [3.05, 3.63) is 62.1 Å². The molecule has 0 radical (unpaired) electrons. The average Bonchev–Trinajstić information content (AvgIpc) is 2.83. The number of fused-ring (bicyclic) bond motifs is 1. The number of halogens is 2. The molecular formula is C20H21F2N7O4. The molecule has 1 fully saturated rings. The molecule has 1 saturated heterocycles. The Kier molecular flexibility index (Phi) is 6.51. The number of hydrogen-bond acceptors (Lipinski definition) is 8. The molecule has 13 heteroatoms. The summed E-state index contributed by atoms with van der Waals surface area (Å²) >= 11 is 0. The summed E-state index contributed by atoms with van der Waals surface area (Å²) in [7, 11) is 1.25. The van der Waals surface area contributed by atoms with Gasteiger partial charge in [0.15, 0.2) is 22.8 Å². The molecule has 0 atom stereocenters. The second-order valence-corrected chi connectivity index (χ2v) is 7.50. The summed E-state index contributed by atoms with van der Waals surface area (Å²) in [5, 5.41) is 10.3. The summed E-state index contributed by atoms with van der Waals surface area (Å²) in [4.78, 5) is 43.9. The van der Waals surface area contributed by atoms with E-state index in [2.05, 4.69) is 25.4 Å². The van der Waals surface area contributed by atoms with Gasteiger partial charge >= 0.3 is 5.69 Å². The maximum absolute atomic E-state index is 13.6. The lowest BCUT2D eigenvalue weighted by Crippen LogP contribution is -2.42. The highest BCUT2D eigenvalue weighted by atomic mass is 19.2. The fourth-order valence-corrected chi connectivity index (χ4v) is 3.45. The zero-order valence-electron chi connectivity index (χ0n) is 17.8. The minimum Gasteiger partial charge on any atom is -0.379 e. The van der Waals surface area contributed by atoms with Crippen molar-refractivity contribution in [3.63, 3.8) is 0 Å². The molecule has 11 nitrogen and oxygen atoms in total. The van der Waals surface area contributed by atoms with Gasteiger partial charge in [0.2, 0.25) is 5.82 Å². The Balaban J connectivity index is 1.60. The van der Waals surface area contributed by atoms with Crippen molar-refractivity contribution in [2.75, 3.05) is 39.4 Å². The van der Waals surface area contributed by atoms with Gasteiger partial charge in [-0.05, 0) is 17.7 Å². The fourth-order valence-electron chi connectivity index (χ4n) is 3.45. The van der Waals surface area contributed by atoms with Crippen molar-refractivity contribution in [2.24, 2.45) is 7.05 Å². The van der Waals surface area contributed by atoms with Crippen molar-refractivity contribution in [3.8, 4) is 0 Å². The smallest absolute Gasteiger partial charge is 0.332 e. The maximum Gasteiger partial charge on any atom is 0.332 e. The van der Waals surface area contributed by atoms with Crippen LogP contribution in [0.1, 0.15) is 16.2 Å². The topological polar surface area (TPSA) is 124 Å². The van der Waals surface area contributed by atoms with E-state index in [1.165, 1.54) is 13.1 Å². The predicted molar refractivity (Wildman–Crippen MR) is 112 cm³/mol. The van der Waals surface area contributed by atoms with Crippen molar-refractivity contribution < 1.29 is 18.3 Å². The van der Waals surface area contributed by atoms with Crippen molar-refractivity contribution in [1.29, 1.82) is 0 Å². The van der Waals surface area contributed by atoms with E-state index in [1.807, 2.05) is 0 Å². The van der Waals surface area contributed by atoms with E-state index in [0.29, 0.717) is 26.3 Å². The lowest BCUT2D eigenvalue weighted by Gasteiger charge is -2.26. The Morgan fingerprint density at radius 3 is 2.64 bits per heavy atom. The molecule has 3 heterocycles. The quantitative estimate of drug-likeness (QED) is 0.510. The molecule has 2 aromatic heterocycles. The monoisotopic (exact) mass is 461 g/mol. The van der Waals surface area contributed by atoms with Gasteiger partial charge in [0.25, 0.3) is 11.5 Å². The van der Waals surface area contributed by atoms with Crippen molar-refractivity contribution in [2.45, 2.75) is 6.54 Å². The van der Waals surface area contributed by atoms with E-state index >= 15 is 0 Å². The Morgan fingerprint density at radius 1 is 1.15 bits per heavy atom.